The third-order valence-electron chi connectivity index (χ3n) is 6.84. The van der Waals surface area contributed by atoms with Gasteiger partial charge in [-0.1, -0.05) is 0 Å². The zero-order valence-electron chi connectivity index (χ0n) is 21.2. The maximum absolute atomic E-state index is 14.7. The number of halogens is 3. The molecule has 13 heteroatoms. The summed E-state index contributed by atoms with van der Waals surface area (Å²) in [5.41, 5.74) is 1.40. The molecule has 0 spiro atoms. The van der Waals surface area contributed by atoms with Crippen LogP contribution in [-0.4, -0.2) is 77.7 Å². The molecule has 1 aromatic carbocycles. The van der Waals surface area contributed by atoms with E-state index in [0.717, 1.165) is 25.0 Å². The van der Waals surface area contributed by atoms with Crippen LogP contribution in [-0.2, 0) is 9.53 Å². The Kier molecular flexibility index (Phi) is 7.87. The maximum Gasteiger partial charge on any atom is 0.387 e. The zero-order chi connectivity index (χ0) is 27.5. The van der Waals surface area contributed by atoms with Crippen LogP contribution >= 0.6 is 0 Å². The van der Waals surface area contributed by atoms with Gasteiger partial charge in [0, 0.05) is 44.1 Å². The fourth-order valence-electron chi connectivity index (χ4n) is 4.59. The maximum atomic E-state index is 14.7. The molecule has 2 aromatic heterocycles. The highest BCUT2D eigenvalue weighted by atomic mass is 19.3. The standard InChI is InChI=1S/C26H28F3N5O5/c1-37-12-21(35)34-6-4-15(5-7-34)33-25(36)17-10-30-24-22(31-13-32-23(17)24)16-8-18(27)20(39-26(28)29)9-19(16)38-11-14-2-3-14/h8-10,13-15,26,30H,2-7,11-12H2,1H3,(H,33,36). The fraction of sp³-hybridized carbons (Fsp3) is 0.462. The van der Waals surface area contributed by atoms with Crippen LogP contribution < -0.4 is 14.8 Å². The molecule has 39 heavy (non-hydrogen) atoms. The molecule has 1 saturated carbocycles. The van der Waals surface area contributed by atoms with E-state index in [0.29, 0.717) is 49.5 Å². The minimum absolute atomic E-state index is 0.0214. The second-order valence-electron chi connectivity index (χ2n) is 9.62. The van der Waals surface area contributed by atoms with Crippen molar-refractivity contribution in [3.05, 3.63) is 36.0 Å². The van der Waals surface area contributed by atoms with E-state index in [1.165, 1.54) is 19.6 Å². The van der Waals surface area contributed by atoms with Crippen LogP contribution in [0.4, 0.5) is 13.2 Å². The van der Waals surface area contributed by atoms with Crippen LogP contribution in [0.25, 0.3) is 22.3 Å². The predicted molar refractivity (Wildman–Crippen MR) is 133 cm³/mol. The Morgan fingerprint density at radius 3 is 2.62 bits per heavy atom. The van der Waals surface area contributed by atoms with Crippen molar-refractivity contribution in [2.45, 2.75) is 38.3 Å². The van der Waals surface area contributed by atoms with Crippen LogP contribution in [0.2, 0.25) is 0 Å². The number of hydrogen-bond donors (Lipinski definition) is 2. The minimum Gasteiger partial charge on any atom is -0.492 e. The Morgan fingerprint density at radius 2 is 1.92 bits per heavy atom. The summed E-state index contributed by atoms with van der Waals surface area (Å²) in [6.07, 6.45) is 5.91. The van der Waals surface area contributed by atoms with Crippen molar-refractivity contribution in [2.75, 3.05) is 33.4 Å². The fourth-order valence-corrected chi connectivity index (χ4v) is 4.59. The van der Waals surface area contributed by atoms with Crippen LogP contribution in [0, 0.1) is 11.7 Å². The van der Waals surface area contributed by atoms with E-state index in [-0.39, 0.29) is 47.0 Å². The summed E-state index contributed by atoms with van der Waals surface area (Å²) in [6.45, 7) is -1.82. The van der Waals surface area contributed by atoms with Gasteiger partial charge in [0.15, 0.2) is 11.6 Å². The van der Waals surface area contributed by atoms with Gasteiger partial charge in [-0.05, 0) is 37.7 Å². The van der Waals surface area contributed by atoms with E-state index in [9.17, 15) is 22.8 Å². The second-order valence-corrected chi connectivity index (χ2v) is 9.62. The van der Waals surface area contributed by atoms with Gasteiger partial charge in [0.2, 0.25) is 5.91 Å². The topological polar surface area (TPSA) is 119 Å². The molecule has 1 saturated heterocycles. The lowest BCUT2D eigenvalue weighted by atomic mass is 10.0. The molecule has 5 rings (SSSR count). The first-order valence-corrected chi connectivity index (χ1v) is 12.6. The largest absolute Gasteiger partial charge is 0.492 e. The summed E-state index contributed by atoms with van der Waals surface area (Å²) in [7, 11) is 1.47. The van der Waals surface area contributed by atoms with E-state index in [1.807, 2.05) is 0 Å². The molecule has 3 heterocycles. The molecule has 2 aliphatic rings. The highest BCUT2D eigenvalue weighted by Crippen LogP contribution is 2.39. The van der Waals surface area contributed by atoms with Gasteiger partial charge < -0.3 is 29.4 Å². The number of H-pyrrole nitrogens is 1. The first-order chi connectivity index (χ1) is 18.8. The number of likely N-dealkylation sites (tertiary alicyclic amines) is 1. The Bertz CT molecular complexity index is 1360. The normalized spacial score (nSPS) is 16.1. The average Bonchev–Trinajstić information content (AvgIpc) is 3.64. The number of amides is 2. The predicted octanol–water partition coefficient (Wildman–Crippen LogP) is 3.52. The van der Waals surface area contributed by atoms with E-state index >= 15 is 0 Å². The quantitative estimate of drug-likeness (QED) is 0.399. The number of carbonyl (C=O) groups is 2. The minimum atomic E-state index is -3.20. The number of aromatic nitrogens is 3. The Labute approximate surface area is 221 Å². The lowest BCUT2D eigenvalue weighted by Crippen LogP contribution is -2.47. The molecule has 1 aliphatic heterocycles. The summed E-state index contributed by atoms with van der Waals surface area (Å²) in [5.74, 6) is -1.60. The van der Waals surface area contributed by atoms with Gasteiger partial charge >= 0.3 is 6.61 Å². The number of methoxy groups -OCH3 is 1. The number of nitrogens with one attached hydrogen (secondary N) is 2. The van der Waals surface area contributed by atoms with Crippen LogP contribution in [0.5, 0.6) is 11.5 Å². The molecule has 0 unspecified atom stereocenters. The van der Waals surface area contributed by atoms with Crippen molar-refractivity contribution < 1.29 is 37.0 Å². The number of aromatic amines is 1. The van der Waals surface area contributed by atoms with E-state index in [4.69, 9.17) is 9.47 Å². The summed E-state index contributed by atoms with van der Waals surface area (Å²) >= 11 is 0. The monoisotopic (exact) mass is 547 g/mol. The number of nitrogens with zero attached hydrogens (tertiary/aromatic N) is 3. The molecule has 0 bridgehead atoms. The Balaban J connectivity index is 1.38. The molecular weight excluding hydrogens is 519 g/mol. The number of carbonyl (C=O) groups excluding carboxylic acids is 2. The molecule has 208 valence electrons. The van der Waals surface area contributed by atoms with Gasteiger partial charge in [-0.2, -0.15) is 8.78 Å². The van der Waals surface area contributed by atoms with E-state index in [1.54, 1.807) is 4.90 Å². The highest BCUT2D eigenvalue weighted by Gasteiger charge is 2.27. The van der Waals surface area contributed by atoms with Gasteiger partial charge in [-0.3, -0.25) is 9.59 Å². The molecule has 2 fully saturated rings. The second kappa shape index (κ2) is 11.5. The summed E-state index contributed by atoms with van der Waals surface area (Å²) < 4.78 is 55.4. The first-order valence-electron chi connectivity index (χ1n) is 12.6. The summed E-state index contributed by atoms with van der Waals surface area (Å²) in [5, 5.41) is 2.99. The average molecular weight is 548 g/mol. The molecule has 3 aromatic rings. The van der Waals surface area contributed by atoms with Gasteiger partial charge in [0.1, 0.15) is 29.9 Å². The highest BCUT2D eigenvalue weighted by molar-refractivity contribution is 6.08. The number of hydrogen-bond acceptors (Lipinski definition) is 7. The summed E-state index contributed by atoms with van der Waals surface area (Å²) in [6, 6.07) is 1.99. The number of ether oxygens (including phenoxy) is 3. The van der Waals surface area contributed by atoms with Crippen LogP contribution in [0.1, 0.15) is 36.0 Å². The number of fused-ring (bicyclic) bond motifs is 1. The molecule has 0 atom stereocenters. The molecule has 2 N–H and O–H groups in total. The third kappa shape index (κ3) is 6.08. The van der Waals surface area contributed by atoms with Crippen LogP contribution in [0.15, 0.2) is 24.7 Å². The van der Waals surface area contributed by atoms with Gasteiger partial charge in [0.05, 0.1) is 17.7 Å². The molecule has 1 aliphatic carbocycles. The van der Waals surface area contributed by atoms with Crippen molar-refractivity contribution >= 4 is 22.8 Å². The molecule has 0 radical (unpaired) electrons. The summed E-state index contributed by atoms with van der Waals surface area (Å²) in [4.78, 5) is 38.4. The first kappa shape index (κ1) is 26.7. The van der Waals surface area contributed by atoms with Crippen molar-refractivity contribution in [1.82, 2.24) is 25.2 Å². The smallest absolute Gasteiger partial charge is 0.387 e. The van der Waals surface area contributed by atoms with Crippen molar-refractivity contribution in [1.29, 1.82) is 0 Å². The van der Waals surface area contributed by atoms with Gasteiger partial charge in [-0.15, -0.1) is 0 Å². The van der Waals surface area contributed by atoms with Crippen LogP contribution in [0.3, 0.4) is 0 Å². The third-order valence-corrected chi connectivity index (χ3v) is 6.84. The lowest BCUT2D eigenvalue weighted by Gasteiger charge is -2.32. The Morgan fingerprint density at radius 1 is 1.15 bits per heavy atom. The van der Waals surface area contributed by atoms with Gasteiger partial charge in [-0.25, -0.2) is 14.4 Å². The van der Waals surface area contributed by atoms with E-state index in [2.05, 4.69) is 25.0 Å². The van der Waals surface area contributed by atoms with Crippen molar-refractivity contribution in [3.8, 4) is 22.8 Å². The SMILES string of the molecule is COCC(=O)N1CCC(NC(=O)c2c[nH]c3c(-c4cc(F)c(OC(F)F)cc4OCC4CC4)ncnc23)CC1. The number of rotatable bonds is 10. The Hall–Kier alpha value is -3.87. The van der Waals surface area contributed by atoms with Gasteiger partial charge in [0.25, 0.3) is 5.91 Å². The van der Waals surface area contributed by atoms with Crippen molar-refractivity contribution in [2.24, 2.45) is 5.92 Å². The molecule has 10 nitrogen and oxygen atoms in total. The number of benzene rings is 1. The molecule has 2 amide bonds. The van der Waals surface area contributed by atoms with E-state index < -0.39 is 18.2 Å². The number of piperidine rings is 1. The molecular formula is C26H28F3N5O5. The van der Waals surface area contributed by atoms with Crippen molar-refractivity contribution in [3.63, 3.8) is 0 Å². The lowest BCUT2D eigenvalue weighted by molar-refractivity contribution is -0.136. The number of alkyl halides is 2. The zero-order valence-corrected chi connectivity index (χ0v) is 21.2.